The fraction of sp³-hybridized carbons (Fsp3) is 0.357. The molecule has 0 radical (unpaired) electrons. The van der Waals surface area contributed by atoms with Gasteiger partial charge in [0.2, 0.25) is 0 Å². The molecular formula is C14H22IN3. The molecule has 18 heavy (non-hydrogen) atoms. The maximum atomic E-state index is 4.50. The molecular weight excluding hydrogens is 337 g/mol. The Labute approximate surface area is 127 Å². The Kier molecular flexibility index (Phi) is 9.36. The van der Waals surface area contributed by atoms with Crippen LogP contribution >= 0.6 is 24.0 Å². The third kappa shape index (κ3) is 6.64. The molecule has 2 N–H and O–H groups in total. The van der Waals surface area contributed by atoms with Gasteiger partial charge in [0.15, 0.2) is 5.96 Å². The van der Waals surface area contributed by atoms with Crippen LogP contribution in [0.4, 0.5) is 0 Å². The minimum absolute atomic E-state index is 0. The van der Waals surface area contributed by atoms with E-state index in [4.69, 9.17) is 0 Å². The van der Waals surface area contributed by atoms with Gasteiger partial charge in [-0.15, -0.1) is 30.6 Å². The summed E-state index contributed by atoms with van der Waals surface area (Å²) in [5.74, 6) is 0.827. The highest BCUT2D eigenvalue weighted by Crippen LogP contribution is 2.04. The molecule has 0 aromatic heterocycles. The van der Waals surface area contributed by atoms with Crippen LogP contribution in [0.15, 0.2) is 41.9 Å². The summed E-state index contributed by atoms with van der Waals surface area (Å²) in [5.41, 5.74) is 2.49. The Morgan fingerprint density at radius 2 is 1.94 bits per heavy atom. The zero-order chi connectivity index (χ0) is 12.5. The molecule has 1 aromatic rings. The van der Waals surface area contributed by atoms with E-state index in [2.05, 4.69) is 60.3 Å². The number of rotatable bonds is 5. The van der Waals surface area contributed by atoms with Crippen LogP contribution in [0.3, 0.4) is 0 Å². The number of hydrogen-bond acceptors (Lipinski definition) is 1. The molecule has 4 heteroatoms. The van der Waals surface area contributed by atoms with E-state index >= 15 is 0 Å². The van der Waals surface area contributed by atoms with Crippen LogP contribution in [0.1, 0.15) is 18.1 Å². The van der Waals surface area contributed by atoms with E-state index in [1.165, 1.54) is 11.1 Å². The lowest BCUT2D eigenvalue weighted by Gasteiger charge is -2.09. The van der Waals surface area contributed by atoms with Gasteiger partial charge in [-0.2, -0.15) is 0 Å². The smallest absolute Gasteiger partial charge is 0.191 e. The first-order valence-electron chi connectivity index (χ1n) is 5.95. The van der Waals surface area contributed by atoms with E-state index in [1.54, 1.807) is 0 Å². The first kappa shape index (κ1) is 17.0. The molecule has 0 aliphatic carbocycles. The second-order valence-corrected chi connectivity index (χ2v) is 3.85. The Hall–Kier alpha value is -1.04. The van der Waals surface area contributed by atoms with Crippen molar-refractivity contribution >= 4 is 29.9 Å². The van der Waals surface area contributed by atoms with Crippen LogP contribution in [0.25, 0.3) is 0 Å². The van der Waals surface area contributed by atoms with Crippen molar-refractivity contribution in [2.24, 2.45) is 4.99 Å². The largest absolute Gasteiger partial charge is 0.357 e. The number of hydrogen-bond donors (Lipinski definition) is 2. The highest BCUT2D eigenvalue weighted by atomic mass is 127. The molecule has 0 unspecified atom stereocenters. The molecule has 0 aliphatic heterocycles. The molecule has 0 fully saturated rings. The molecule has 3 nitrogen and oxygen atoms in total. The van der Waals surface area contributed by atoms with E-state index in [0.717, 1.165) is 19.0 Å². The molecule has 0 amide bonds. The zero-order valence-corrected chi connectivity index (χ0v) is 13.4. The van der Waals surface area contributed by atoms with Gasteiger partial charge in [0.1, 0.15) is 0 Å². The fourth-order valence-electron chi connectivity index (χ4n) is 1.37. The van der Waals surface area contributed by atoms with E-state index in [1.807, 2.05) is 6.08 Å². The average molecular weight is 359 g/mol. The van der Waals surface area contributed by atoms with E-state index in [-0.39, 0.29) is 24.0 Å². The lowest BCUT2D eigenvalue weighted by molar-refractivity contribution is 0.860. The average Bonchev–Trinajstić information content (AvgIpc) is 2.35. The lowest BCUT2D eigenvalue weighted by Crippen LogP contribution is -2.37. The van der Waals surface area contributed by atoms with Crippen LogP contribution < -0.4 is 10.6 Å². The van der Waals surface area contributed by atoms with Gasteiger partial charge in [0.25, 0.3) is 0 Å². The Morgan fingerprint density at radius 3 is 2.50 bits per heavy atom. The van der Waals surface area contributed by atoms with Gasteiger partial charge in [0.05, 0.1) is 6.54 Å². The minimum Gasteiger partial charge on any atom is -0.357 e. The van der Waals surface area contributed by atoms with Crippen molar-refractivity contribution in [1.82, 2.24) is 10.6 Å². The van der Waals surface area contributed by atoms with Crippen LogP contribution in [-0.4, -0.2) is 19.0 Å². The predicted octanol–water partition coefficient (Wildman–Crippen LogP) is 2.85. The van der Waals surface area contributed by atoms with Crippen molar-refractivity contribution in [2.45, 2.75) is 20.4 Å². The number of nitrogens with zero attached hydrogens (tertiary/aromatic N) is 1. The summed E-state index contributed by atoms with van der Waals surface area (Å²) in [4.78, 5) is 4.50. The second kappa shape index (κ2) is 9.94. The molecule has 1 aromatic carbocycles. The summed E-state index contributed by atoms with van der Waals surface area (Å²) >= 11 is 0. The molecule has 0 atom stereocenters. The molecule has 0 aliphatic rings. The summed E-state index contributed by atoms with van der Waals surface area (Å²) in [6.07, 6.45) is 1.82. The van der Waals surface area contributed by atoms with Gasteiger partial charge in [-0.3, -0.25) is 0 Å². The number of aliphatic imine (C=N–C) groups is 1. The molecule has 0 saturated carbocycles. The summed E-state index contributed by atoms with van der Waals surface area (Å²) < 4.78 is 0. The summed E-state index contributed by atoms with van der Waals surface area (Å²) in [5, 5.41) is 6.36. The van der Waals surface area contributed by atoms with Crippen molar-refractivity contribution in [3.63, 3.8) is 0 Å². The predicted molar refractivity (Wildman–Crippen MR) is 89.6 cm³/mol. The van der Waals surface area contributed by atoms with E-state index in [0.29, 0.717) is 6.54 Å². The second-order valence-electron chi connectivity index (χ2n) is 3.85. The van der Waals surface area contributed by atoms with Gasteiger partial charge in [-0.25, -0.2) is 4.99 Å². The first-order valence-corrected chi connectivity index (χ1v) is 5.95. The van der Waals surface area contributed by atoms with Crippen LogP contribution in [0.5, 0.6) is 0 Å². The molecule has 0 saturated heterocycles. The third-order valence-corrected chi connectivity index (χ3v) is 2.30. The Morgan fingerprint density at radius 1 is 1.28 bits per heavy atom. The van der Waals surface area contributed by atoms with Crippen molar-refractivity contribution in [2.75, 3.05) is 13.1 Å². The van der Waals surface area contributed by atoms with Gasteiger partial charge < -0.3 is 10.6 Å². The summed E-state index contributed by atoms with van der Waals surface area (Å²) in [6, 6.07) is 8.43. The molecule has 0 heterocycles. The van der Waals surface area contributed by atoms with Crippen molar-refractivity contribution < 1.29 is 0 Å². The minimum atomic E-state index is 0. The number of halogens is 1. The monoisotopic (exact) mass is 359 g/mol. The Bertz CT molecular complexity index is 371. The number of nitrogens with one attached hydrogen (secondary N) is 2. The third-order valence-electron chi connectivity index (χ3n) is 2.30. The van der Waals surface area contributed by atoms with Crippen LogP contribution in [-0.2, 0) is 6.54 Å². The zero-order valence-electron chi connectivity index (χ0n) is 11.1. The number of guanidine groups is 1. The molecule has 1 rings (SSSR count). The van der Waals surface area contributed by atoms with E-state index < -0.39 is 0 Å². The maximum absolute atomic E-state index is 4.50. The maximum Gasteiger partial charge on any atom is 0.191 e. The number of benzene rings is 1. The van der Waals surface area contributed by atoms with Crippen molar-refractivity contribution in [3.05, 3.63) is 48.0 Å². The van der Waals surface area contributed by atoms with Crippen molar-refractivity contribution in [1.29, 1.82) is 0 Å². The van der Waals surface area contributed by atoms with Crippen molar-refractivity contribution in [3.8, 4) is 0 Å². The molecule has 100 valence electrons. The topological polar surface area (TPSA) is 36.4 Å². The fourth-order valence-corrected chi connectivity index (χ4v) is 1.37. The van der Waals surface area contributed by atoms with Gasteiger partial charge in [0, 0.05) is 13.1 Å². The summed E-state index contributed by atoms with van der Waals surface area (Å²) in [6.45, 7) is 10.1. The van der Waals surface area contributed by atoms with Gasteiger partial charge in [-0.05, 0) is 19.4 Å². The lowest BCUT2D eigenvalue weighted by atomic mass is 10.1. The molecule has 0 bridgehead atoms. The summed E-state index contributed by atoms with van der Waals surface area (Å²) in [7, 11) is 0. The highest BCUT2D eigenvalue weighted by molar-refractivity contribution is 14.0. The normalized spacial score (nSPS) is 10.4. The SMILES string of the molecule is C=CCNC(=NCc1ccc(C)cc1)NCC.I. The van der Waals surface area contributed by atoms with Crippen LogP contribution in [0, 0.1) is 6.92 Å². The number of aryl methyl sites for hydroxylation is 1. The first-order chi connectivity index (χ1) is 8.26. The molecule has 0 spiro atoms. The van der Waals surface area contributed by atoms with Gasteiger partial charge >= 0.3 is 0 Å². The Balaban J connectivity index is 0.00000289. The van der Waals surface area contributed by atoms with Gasteiger partial charge in [-0.1, -0.05) is 35.9 Å². The quantitative estimate of drug-likeness (QED) is 0.367. The van der Waals surface area contributed by atoms with Crippen LogP contribution in [0.2, 0.25) is 0 Å². The van der Waals surface area contributed by atoms with E-state index in [9.17, 15) is 0 Å². The highest BCUT2D eigenvalue weighted by Gasteiger charge is 1.95. The standard InChI is InChI=1S/C14H21N3.HI/c1-4-10-16-14(15-5-2)17-11-13-8-6-12(3)7-9-13;/h4,6-9H,1,5,10-11H2,2-3H3,(H2,15,16,17);1H.